The highest BCUT2D eigenvalue weighted by molar-refractivity contribution is 5.74. The van der Waals surface area contributed by atoms with Crippen molar-refractivity contribution >= 4 is 11.0 Å². The van der Waals surface area contributed by atoms with E-state index in [1.807, 2.05) is 36.0 Å². The maximum atomic E-state index is 4.89. The first-order valence-electron chi connectivity index (χ1n) is 9.01. The third-order valence-corrected chi connectivity index (χ3v) is 5.46. The molecule has 0 spiro atoms. The van der Waals surface area contributed by atoms with Crippen molar-refractivity contribution in [2.24, 2.45) is 7.05 Å². The molecule has 1 aliphatic heterocycles. The van der Waals surface area contributed by atoms with Crippen molar-refractivity contribution in [3.8, 4) is 0 Å². The molecule has 0 radical (unpaired) electrons. The average molecular weight is 335 g/mol. The summed E-state index contributed by atoms with van der Waals surface area (Å²) in [6, 6.07) is 8.54. The molecule has 1 aliphatic rings. The van der Waals surface area contributed by atoms with Gasteiger partial charge in [-0.15, -0.1) is 0 Å². The summed E-state index contributed by atoms with van der Waals surface area (Å²) in [5.74, 6) is 0. The molecule has 1 atom stereocenters. The van der Waals surface area contributed by atoms with E-state index in [0.29, 0.717) is 6.04 Å². The van der Waals surface area contributed by atoms with E-state index in [2.05, 4.69) is 30.8 Å². The van der Waals surface area contributed by atoms with Crippen LogP contribution < -0.4 is 0 Å². The van der Waals surface area contributed by atoms with E-state index in [-0.39, 0.29) is 0 Å². The van der Waals surface area contributed by atoms with Crippen molar-refractivity contribution < 1.29 is 0 Å². The Morgan fingerprint density at radius 3 is 2.44 bits per heavy atom. The molecule has 3 aromatic rings. The molecule has 5 nitrogen and oxygen atoms in total. The second-order valence-corrected chi connectivity index (χ2v) is 7.08. The molecule has 0 aliphatic carbocycles. The van der Waals surface area contributed by atoms with Crippen LogP contribution in [0.1, 0.15) is 47.2 Å². The standard InChI is InChI=1S/C20H25N5/c1-13-18(22-17-9-6-5-8-16(17)21-13)12-25-11-7-10-19(25)20-14(2)23-24(4)15(20)3/h5-6,8-9,19H,7,10-12H2,1-4H3/t19-/m0/s1. The number of nitrogens with zero attached hydrogens (tertiary/aromatic N) is 5. The van der Waals surface area contributed by atoms with Crippen LogP contribution in [0.25, 0.3) is 11.0 Å². The van der Waals surface area contributed by atoms with Gasteiger partial charge in [-0.05, 0) is 52.3 Å². The largest absolute Gasteiger partial charge is 0.290 e. The van der Waals surface area contributed by atoms with Crippen LogP contribution in [-0.2, 0) is 13.6 Å². The van der Waals surface area contributed by atoms with Gasteiger partial charge in [0, 0.05) is 30.9 Å². The molecule has 25 heavy (non-hydrogen) atoms. The Hall–Kier alpha value is -2.27. The first kappa shape index (κ1) is 16.2. The molecule has 130 valence electrons. The fourth-order valence-electron chi connectivity index (χ4n) is 4.08. The highest BCUT2D eigenvalue weighted by Gasteiger charge is 2.31. The molecule has 1 aromatic carbocycles. The van der Waals surface area contributed by atoms with Crippen molar-refractivity contribution in [3.63, 3.8) is 0 Å². The number of benzene rings is 1. The summed E-state index contributed by atoms with van der Waals surface area (Å²) in [6.07, 6.45) is 2.41. The van der Waals surface area contributed by atoms with Gasteiger partial charge in [-0.1, -0.05) is 12.1 Å². The number of aryl methyl sites for hydroxylation is 3. The lowest BCUT2D eigenvalue weighted by Gasteiger charge is -2.25. The van der Waals surface area contributed by atoms with E-state index in [1.165, 1.54) is 24.1 Å². The van der Waals surface area contributed by atoms with Crippen LogP contribution in [0.15, 0.2) is 24.3 Å². The quantitative estimate of drug-likeness (QED) is 0.733. The van der Waals surface area contributed by atoms with Crippen LogP contribution >= 0.6 is 0 Å². The summed E-state index contributed by atoms with van der Waals surface area (Å²) in [5.41, 5.74) is 7.89. The molecular weight excluding hydrogens is 310 g/mol. The average Bonchev–Trinajstić information content (AvgIpc) is 3.12. The molecule has 0 saturated carbocycles. The number of para-hydroxylation sites is 2. The summed E-state index contributed by atoms with van der Waals surface area (Å²) in [7, 11) is 2.03. The number of rotatable bonds is 3. The Labute approximate surface area is 148 Å². The Balaban J connectivity index is 1.67. The number of hydrogen-bond acceptors (Lipinski definition) is 4. The second kappa shape index (κ2) is 6.23. The van der Waals surface area contributed by atoms with Crippen LogP contribution in [0.2, 0.25) is 0 Å². The Morgan fingerprint density at radius 1 is 1.04 bits per heavy atom. The minimum atomic E-state index is 0.432. The summed E-state index contributed by atoms with van der Waals surface area (Å²) >= 11 is 0. The van der Waals surface area contributed by atoms with Crippen molar-refractivity contribution in [1.29, 1.82) is 0 Å². The zero-order chi connectivity index (χ0) is 17.6. The number of hydrogen-bond donors (Lipinski definition) is 0. The number of likely N-dealkylation sites (tertiary alicyclic amines) is 1. The van der Waals surface area contributed by atoms with Crippen LogP contribution in [-0.4, -0.2) is 31.2 Å². The molecule has 0 amide bonds. The monoisotopic (exact) mass is 335 g/mol. The van der Waals surface area contributed by atoms with Crippen molar-refractivity contribution in [2.45, 2.75) is 46.2 Å². The zero-order valence-electron chi connectivity index (χ0n) is 15.5. The third kappa shape index (κ3) is 2.82. The highest BCUT2D eigenvalue weighted by atomic mass is 15.3. The highest BCUT2D eigenvalue weighted by Crippen LogP contribution is 2.36. The van der Waals surface area contributed by atoms with Crippen LogP contribution in [0.3, 0.4) is 0 Å². The van der Waals surface area contributed by atoms with Gasteiger partial charge in [0.1, 0.15) is 0 Å². The number of fused-ring (bicyclic) bond motifs is 1. The smallest absolute Gasteiger partial charge is 0.0890 e. The number of aromatic nitrogens is 4. The second-order valence-electron chi connectivity index (χ2n) is 7.08. The van der Waals surface area contributed by atoms with Gasteiger partial charge in [-0.3, -0.25) is 9.58 Å². The topological polar surface area (TPSA) is 46.8 Å². The Bertz CT molecular complexity index is 927. The molecule has 2 aromatic heterocycles. The van der Waals surface area contributed by atoms with E-state index in [0.717, 1.165) is 41.2 Å². The maximum absolute atomic E-state index is 4.89. The van der Waals surface area contributed by atoms with Crippen LogP contribution in [0, 0.1) is 20.8 Å². The van der Waals surface area contributed by atoms with E-state index >= 15 is 0 Å². The van der Waals surface area contributed by atoms with Gasteiger partial charge in [0.25, 0.3) is 0 Å². The molecule has 4 rings (SSSR count). The van der Waals surface area contributed by atoms with Gasteiger partial charge in [0.2, 0.25) is 0 Å². The first-order valence-corrected chi connectivity index (χ1v) is 9.01. The van der Waals surface area contributed by atoms with Gasteiger partial charge in [0.05, 0.1) is 28.1 Å². The van der Waals surface area contributed by atoms with Gasteiger partial charge in [-0.2, -0.15) is 5.10 Å². The Morgan fingerprint density at radius 2 is 1.76 bits per heavy atom. The van der Waals surface area contributed by atoms with E-state index in [9.17, 15) is 0 Å². The van der Waals surface area contributed by atoms with Gasteiger partial charge >= 0.3 is 0 Å². The lowest BCUT2D eigenvalue weighted by atomic mass is 10.0. The summed E-state index contributed by atoms with van der Waals surface area (Å²) in [5, 5.41) is 4.62. The fourth-order valence-corrected chi connectivity index (χ4v) is 4.08. The fraction of sp³-hybridized carbons (Fsp3) is 0.450. The molecular formula is C20H25N5. The van der Waals surface area contributed by atoms with Gasteiger partial charge in [0.15, 0.2) is 0 Å². The van der Waals surface area contributed by atoms with E-state index < -0.39 is 0 Å². The minimum absolute atomic E-state index is 0.432. The Kier molecular flexibility index (Phi) is 4.04. The van der Waals surface area contributed by atoms with Gasteiger partial charge < -0.3 is 0 Å². The van der Waals surface area contributed by atoms with E-state index in [1.54, 1.807) is 0 Å². The molecule has 1 fully saturated rings. The SMILES string of the molecule is Cc1nc2ccccc2nc1CN1CCC[C@H]1c1c(C)nn(C)c1C. The molecule has 0 unspecified atom stereocenters. The van der Waals surface area contributed by atoms with Crippen molar-refractivity contribution in [3.05, 3.63) is 52.6 Å². The minimum Gasteiger partial charge on any atom is -0.290 e. The molecule has 3 heterocycles. The normalized spacial score (nSPS) is 18.3. The zero-order valence-corrected chi connectivity index (χ0v) is 15.5. The lowest BCUT2D eigenvalue weighted by molar-refractivity contribution is 0.243. The summed E-state index contributed by atoms with van der Waals surface area (Å²) in [6.45, 7) is 8.32. The summed E-state index contributed by atoms with van der Waals surface area (Å²) in [4.78, 5) is 12.2. The summed E-state index contributed by atoms with van der Waals surface area (Å²) < 4.78 is 2.00. The predicted molar refractivity (Wildman–Crippen MR) is 99.3 cm³/mol. The van der Waals surface area contributed by atoms with Crippen LogP contribution in [0.5, 0.6) is 0 Å². The lowest BCUT2D eigenvalue weighted by Crippen LogP contribution is -2.25. The van der Waals surface area contributed by atoms with E-state index in [4.69, 9.17) is 9.97 Å². The van der Waals surface area contributed by atoms with Gasteiger partial charge in [-0.25, -0.2) is 9.97 Å². The molecule has 0 N–H and O–H groups in total. The third-order valence-electron chi connectivity index (χ3n) is 5.46. The molecule has 0 bridgehead atoms. The molecule has 5 heteroatoms. The van der Waals surface area contributed by atoms with Crippen molar-refractivity contribution in [2.75, 3.05) is 6.54 Å². The molecule has 1 saturated heterocycles. The van der Waals surface area contributed by atoms with Crippen LogP contribution in [0.4, 0.5) is 0 Å². The maximum Gasteiger partial charge on any atom is 0.0890 e. The first-order chi connectivity index (χ1) is 12.0. The van der Waals surface area contributed by atoms with Crippen molar-refractivity contribution in [1.82, 2.24) is 24.6 Å². The predicted octanol–water partition coefficient (Wildman–Crippen LogP) is 3.63.